The molecule has 4 amide bonds. The lowest BCUT2D eigenvalue weighted by Crippen LogP contribution is -2.54. The predicted molar refractivity (Wildman–Crippen MR) is 121 cm³/mol. The molecule has 7 rings (SSSR count). The maximum Gasteiger partial charge on any atom is 0.335 e. The molecule has 5 fully saturated rings. The Kier molecular flexibility index (Phi) is 4.23. The third-order valence-corrected chi connectivity index (χ3v) is 8.15. The number of hydrogen-bond acceptors (Lipinski definition) is 3. The van der Waals surface area contributed by atoms with Crippen LogP contribution in [0.15, 0.2) is 48.2 Å². The van der Waals surface area contributed by atoms with Gasteiger partial charge in [-0.05, 0) is 97.6 Å². The van der Waals surface area contributed by atoms with E-state index in [1.807, 2.05) is 42.1 Å². The van der Waals surface area contributed by atoms with Crippen molar-refractivity contribution in [2.45, 2.75) is 43.9 Å². The highest BCUT2D eigenvalue weighted by Crippen LogP contribution is 2.60. The SMILES string of the molecule is Cn1cccc1/C=C1\C(=O)NC(=O)N(c2ccc(C34CC5CC(CC(C5)C3)C4)cc2)C1=O. The number of nitrogens with zero attached hydrogens (tertiary/aromatic N) is 2. The molecule has 6 nitrogen and oxygen atoms in total. The maximum absolute atomic E-state index is 13.2. The smallest absolute Gasteiger partial charge is 0.335 e. The summed E-state index contributed by atoms with van der Waals surface area (Å²) in [5.74, 6) is 1.30. The van der Waals surface area contributed by atoms with Crippen molar-refractivity contribution in [3.8, 4) is 0 Å². The zero-order valence-corrected chi connectivity index (χ0v) is 18.2. The second kappa shape index (κ2) is 6.92. The first-order chi connectivity index (χ1) is 15.4. The summed E-state index contributed by atoms with van der Waals surface area (Å²) in [6.45, 7) is 0. The van der Waals surface area contributed by atoms with Crippen LogP contribution in [-0.4, -0.2) is 22.4 Å². The van der Waals surface area contributed by atoms with Gasteiger partial charge < -0.3 is 4.57 Å². The number of nitrogens with one attached hydrogen (secondary N) is 1. The highest BCUT2D eigenvalue weighted by molar-refractivity contribution is 6.39. The molecule has 164 valence electrons. The minimum Gasteiger partial charge on any atom is -0.351 e. The zero-order valence-electron chi connectivity index (χ0n) is 18.2. The van der Waals surface area contributed by atoms with Gasteiger partial charge in [-0.25, -0.2) is 9.69 Å². The molecular formula is C26H27N3O3. The van der Waals surface area contributed by atoms with E-state index >= 15 is 0 Å². The molecule has 1 saturated heterocycles. The molecule has 0 radical (unpaired) electrons. The number of anilines is 1. The second-order valence-corrected chi connectivity index (χ2v) is 10.2. The number of rotatable bonds is 3. The average Bonchev–Trinajstić information content (AvgIpc) is 3.15. The maximum atomic E-state index is 13.2. The molecule has 0 atom stereocenters. The summed E-state index contributed by atoms with van der Waals surface area (Å²) in [4.78, 5) is 39.2. The second-order valence-electron chi connectivity index (χ2n) is 10.2. The fraction of sp³-hybridized carbons (Fsp3) is 0.423. The van der Waals surface area contributed by atoms with E-state index in [1.54, 1.807) is 0 Å². The number of urea groups is 1. The molecule has 5 aliphatic rings. The van der Waals surface area contributed by atoms with Crippen LogP contribution in [0, 0.1) is 17.8 Å². The van der Waals surface area contributed by atoms with E-state index in [4.69, 9.17) is 0 Å². The molecule has 2 heterocycles. The van der Waals surface area contributed by atoms with E-state index in [-0.39, 0.29) is 11.0 Å². The van der Waals surface area contributed by atoms with Crippen LogP contribution in [0.4, 0.5) is 10.5 Å². The van der Waals surface area contributed by atoms with E-state index in [0.29, 0.717) is 5.69 Å². The largest absolute Gasteiger partial charge is 0.351 e. The van der Waals surface area contributed by atoms with Gasteiger partial charge in [0.15, 0.2) is 0 Å². The van der Waals surface area contributed by atoms with Crippen LogP contribution in [0.1, 0.15) is 49.8 Å². The van der Waals surface area contributed by atoms with Crippen LogP contribution in [-0.2, 0) is 22.1 Å². The van der Waals surface area contributed by atoms with E-state index in [2.05, 4.69) is 17.4 Å². The minimum absolute atomic E-state index is 0.0449. The van der Waals surface area contributed by atoms with Crippen molar-refractivity contribution in [2.75, 3.05) is 4.90 Å². The predicted octanol–water partition coefficient (Wildman–Crippen LogP) is 4.16. The van der Waals surface area contributed by atoms with Crippen LogP contribution in [0.5, 0.6) is 0 Å². The monoisotopic (exact) mass is 429 g/mol. The summed E-state index contributed by atoms with van der Waals surface area (Å²) < 4.78 is 1.81. The molecular weight excluding hydrogens is 402 g/mol. The van der Waals surface area contributed by atoms with E-state index in [0.717, 1.165) is 28.3 Å². The Balaban J connectivity index is 1.30. The van der Waals surface area contributed by atoms with Crippen LogP contribution < -0.4 is 10.2 Å². The van der Waals surface area contributed by atoms with Gasteiger partial charge in [0.25, 0.3) is 11.8 Å². The third kappa shape index (κ3) is 2.96. The van der Waals surface area contributed by atoms with Gasteiger partial charge in [-0.3, -0.25) is 14.9 Å². The van der Waals surface area contributed by atoms with Gasteiger partial charge in [0.1, 0.15) is 5.57 Å². The summed E-state index contributed by atoms with van der Waals surface area (Å²) in [6, 6.07) is 10.9. The molecule has 4 bridgehead atoms. The lowest BCUT2D eigenvalue weighted by Gasteiger charge is -2.57. The van der Waals surface area contributed by atoms with Crippen LogP contribution >= 0.6 is 0 Å². The van der Waals surface area contributed by atoms with Gasteiger partial charge in [0.2, 0.25) is 0 Å². The van der Waals surface area contributed by atoms with Crippen LogP contribution in [0.3, 0.4) is 0 Å². The van der Waals surface area contributed by atoms with Crippen molar-refractivity contribution < 1.29 is 14.4 Å². The highest BCUT2D eigenvalue weighted by atomic mass is 16.2. The molecule has 1 aromatic heterocycles. The van der Waals surface area contributed by atoms with E-state index in [9.17, 15) is 14.4 Å². The standard InChI is InChI=1S/C26H27N3O3/c1-28-8-2-3-21(28)12-22-23(30)27-25(32)29(24(22)31)20-6-4-19(5-7-20)26-13-16-9-17(14-26)11-18(10-16)15-26/h2-8,12,16-18H,9-11,13-15H2,1H3,(H,27,30,32)/b22-12+. The summed E-state index contributed by atoms with van der Waals surface area (Å²) in [6.07, 6.45) is 11.3. The lowest BCUT2D eigenvalue weighted by atomic mass is 9.48. The van der Waals surface area contributed by atoms with Crippen LogP contribution in [0.25, 0.3) is 6.08 Å². The Morgan fingerprint density at radius 2 is 1.56 bits per heavy atom. The molecule has 0 spiro atoms. The molecule has 6 heteroatoms. The number of amides is 4. The Hall–Kier alpha value is -3.15. The first kappa shape index (κ1) is 19.5. The van der Waals surface area contributed by atoms with Crippen molar-refractivity contribution in [2.24, 2.45) is 24.8 Å². The first-order valence-electron chi connectivity index (χ1n) is 11.6. The summed E-state index contributed by atoms with van der Waals surface area (Å²) in [5, 5.41) is 2.31. The molecule has 0 unspecified atom stereocenters. The zero-order chi connectivity index (χ0) is 22.0. The molecule has 2 aromatic rings. The topological polar surface area (TPSA) is 71.4 Å². The van der Waals surface area contributed by atoms with Crippen molar-refractivity contribution in [3.63, 3.8) is 0 Å². The van der Waals surface area contributed by atoms with Gasteiger partial charge in [0.05, 0.1) is 5.69 Å². The number of imide groups is 2. The van der Waals surface area contributed by atoms with Gasteiger partial charge in [0, 0.05) is 18.9 Å². The number of aromatic nitrogens is 1. The fourth-order valence-electron chi connectivity index (χ4n) is 7.09. The van der Waals surface area contributed by atoms with E-state index in [1.165, 1.54) is 50.2 Å². The number of carbonyl (C=O) groups is 3. The molecule has 32 heavy (non-hydrogen) atoms. The Labute approximate surface area is 187 Å². The van der Waals surface area contributed by atoms with Crippen molar-refractivity contribution in [1.82, 2.24) is 9.88 Å². The summed E-state index contributed by atoms with van der Waals surface area (Å²) in [5.41, 5.74) is 2.76. The fourth-order valence-corrected chi connectivity index (χ4v) is 7.09. The quantitative estimate of drug-likeness (QED) is 0.588. The number of barbiturate groups is 1. The van der Waals surface area contributed by atoms with Crippen molar-refractivity contribution in [1.29, 1.82) is 0 Å². The van der Waals surface area contributed by atoms with Gasteiger partial charge in [-0.1, -0.05) is 12.1 Å². The lowest BCUT2D eigenvalue weighted by molar-refractivity contribution is -0.122. The minimum atomic E-state index is -0.702. The Morgan fingerprint density at radius 3 is 2.12 bits per heavy atom. The summed E-state index contributed by atoms with van der Waals surface area (Å²) >= 11 is 0. The van der Waals surface area contributed by atoms with Crippen molar-refractivity contribution >= 4 is 29.6 Å². The van der Waals surface area contributed by atoms with Gasteiger partial charge in [-0.2, -0.15) is 0 Å². The molecule has 1 aliphatic heterocycles. The van der Waals surface area contributed by atoms with Gasteiger partial charge >= 0.3 is 6.03 Å². The highest BCUT2D eigenvalue weighted by Gasteiger charge is 2.51. The van der Waals surface area contributed by atoms with Crippen molar-refractivity contribution in [3.05, 3.63) is 59.4 Å². The third-order valence-electron chi connectivity index (χ3n) is 8.15. The average molecular weight is 430 g/mol. The Morgan fingerprint density at radius 1 is 0.938 bits per heavy atom. The number of carbonyl (C=O) groups excluding carboxylic acids is 3. The summed E-state index contributed by atoms with van der Waals surface area (Å²) in [7, 11) is 1.84. The molecule has 4 saturated carbocycles. The molecule has 1 aromatic carbocycles. The molecule has 1 N–H and O–H groups in total. The number of benzene rings is 1. The van der Waals surface area contributed by atoms with Crippen LogP contribution in [0.2, 0.25) is 0 Å². The van der Waals surface area contributed by atoms with E-state index < -0.39 is 17.8 Å². The normalized spacial score (nSPS) is 32.7. The number of aryl methyl sites for hydroxylation is 1. The Bertz CT molecular complexity index is 1120. The molecule has 4 aliphatic carbocycles. The van der Waals surface area contributed by atoms with Gasteiger partial charge in [-0.15, -0.1) is 0 Å². The first-order valence-corrected chi connectivity index (χ1v) is 11.6. The number of hydrogen-bond donors (Lipinski definition) is 1.